The van der Waals surface area contributed by atoms with Crippen molar-refractivity contribution in [3.63, 3.8) is 0 Å². The molecule has 0 atom stereocenters. The van der Waals surface area contributed by atoms with Gasteiger partial charge in [-0.15, -0.1) is 0 Å². The van der Waals surface area contributed by atoms with Crippen LogP contribution in [0.5, 0.6) is 0 Å². The maximum atomic E-state index is 11.8. The number of nitrogens with zero attached hydrogens (tertiary/aromatic N) is 1. The van der Waals surface area contributed by atoms with Crippen LogP contribution in [0.15, 0.2) is 36.6 Å². The van der Waals surface area contributed by atoms with Crippen molar-refractivity contribution in [1.82, 2.24) is 5.32 Å². The smallest absolute Gasteiger partial charge is 0.256 e. The Hall–Kier alpha value is -1.47. The van der Waals surface area contributed by atoms with Crippen molar-refractivity contribution in [2.45, 2.75) is 0 Å². The molecule has 0 aliphatic rings. The Labute approximate surface area is 125 Å². The number of fused-ring (bicyclic) bond motifs is 1. The van der Waals surface area contributed by atoms with Gasteiger partial charge in [0.15, 0.2) is 5.58 Å². The summed E-state index contributed by atoms with van der Waals surface area (Å²) >= 11 is 6.72. The van der Waals surface area contributed by atoms with Crippen LogP contribution in [0, 0.1) is 0 Å². The largest absolute Gasteiger partial charge is 0.436 e. The van der Waals surface area contributed by atoms with E-state index in [2.05, 4.69) is 42.2 Å². The van der Waals surface area contributed by atoms with Crippen LogP contribution >= 0.6 is 31.9 Å². The van der Waals surface area contributed by atoms with Gasteiger partial charge >= 0.3 is 0 Å². The average Bonchev–Trinajstić information content (AvgIpc) is 2.38. The van der Waals surface area contributed by atoms with Gasteiger partial charge < -0.3 is 9.73 Å². The molecule has 2 aromatic rings. The molecule has 0 unspecified atom stereocenters. The van der Waals surface area contributed by atoms with Gasteiger partial charge in [-0.25, -0.2) is 0 Å². The predicted octanol–water partition coefficient (Wildman–Crippen LogP) is 2.37. The number of carbonyl (C=O) groups is 2. The quantitative estimate of drug-likeness (QED) is 0.804. The molecule has 0 aliphatic carbocycles. The topological polar surface area (TPSA) is 71.7 Å². The SMILES string of the molecule is CNC(=O)c1cc2cc(Br)cc(Br)c2oc1=NC=O. The van der Waals surface area contributed by atoms with E-state index in [1.54, 1.807) is 18.2 Å². The fraction of sp³-hybridized carbons (Fsp3) is 0.0833. The molecule has 5 nitrogen and oxygen atoms in total. The number of benzene rings is 1. The van der Waals surface area contributed by atoms with Crippen LogP contribution in [-0.2, 0) is 4.79 Å². The summed E-state index contributed by atoms with van der Waals surface area (Å²) < 4.78 is 7.05. The second-order valence-corrected chi connectivity index (χ2v) is 5.35. The molecule has 2 rings (SSSR count). The predicted molar refractivity (Wildman–Crippen MR) is 76.6 cm³/mol. The van der Waals surface area contributed by atoms with Crippen molar-refractivity contribution in [1.29, 1.82) is 0 Å². The van der Waals surface area contributed by atoms with E-state index < -0.39 is 0 Å². The number of halogens is 2. The molecule has 1 aromatic heterocycles. The number of rotatable bonds is 2. The Morgan fingerprint density at radius 3 is 2.74 bits per heavy atom. The lowest BCUT2D eigenvalue weighted by atomic mass is 10.2. The number of hydrogen-bond donors (Lipinski definition) is 1. The van der Waals surface area contributed by atoms with Crippen molar-refractivity contribution < 1.29 is 14.0 Å². The first-order valence-corrected chi connectivity index (χ1v) is 6.78. The summed E-state index contributed by atoms with van der Waals surface area (Å²) in [4.78, 5) is 25.8. The van der Waals surface area contributed by atoms with Gasteiger partial charge in [-0.05, 0) is 34.1 Å². The first kappa shape index (κ1) is 14.0. The van der Waals surface area contributed by atoms with Gasteiger partial charge in [-0.1, -0.05) is 15.9 Å². The molecule has 98 valence electrons. The molecule has 1 heterocycles. The molecule has 0 fully saturated rings. The van der Waals surface area contributed by atoms with Crippen LogP contribution in [0.2, 0.25) is 0 Å². The van der Waals surface area contributed by atoms with Crippen molar-refractivity contribution in [2.75, 3.05) is 7.05 Å². The van der Waals surface area contributed by atoms with E-state index in [1.807, 2.05) is 0 Å². The lowest BCUT2D eigenvalue weighted by molar-refractivity contribution is -0.107. The molecule has 1 aromatic carbocycles. The monoisotopic (exact) mass is 386 g/mol. The van der Waals surface area contributed by atoms with E-state index >= 15 is 0 Å². The van der Waals surface area contributed by atoms with E-state index in [0.717, 1.165) is 4.47 Å². The number of amides is 2. The Balaban J connectivity index is 2.88. The van der Waals surface area contributed by atoms with Crippen LogP contribution in [0.4, 0.5) is 0 Å². The maximum Gasteiger partial charge on any atom is 0.256 e. The Morgan fingerprint density at radius 1 is 1.37 bits per heavy atom. The Bertz CT molecular complexity index is 738. The minimum Gasteiger partial charge on any atom is -0.436 e. The third-order valence-corrected chi connectivity index (χ3v) is 3.45. The highest BCUT2D eigenvalue weighted by Gasteiger charge is 2.12. The first-order valence-electron chi connectivity index (χ1n) is 5.19. The standard InChI is InChI=1S/C12H8Br2N2O3/c1-15-11(18)8-3-6-2-7(13)4-9(14)10(6)19-12(8)16-5-17/h2-5H,1H3,(H,15,18). The van der Waals surface area contributed by atoms with Gasteiger partial charge in [0.2, 0.25) is 12.0 Å². The summed E-state index contributed by atoms with van der Waals surface area (Å²) in [5, 5.41) is 3.19. The van der Waals surface area contributed by atoms with Crippen molar-refractivity contribution >= 4 is 55.1 Å². The molecule has 0 bridgehead atoms. The number of carbonyl (C=O) groups excluding carboxylic acids is 2. The minimum absolute atomic E-state index is 0.0233. The molecule has 0 radical (unpaired) electrons. The Morgan fingerprint density at radius 2 is 2.11 bits per heavy atom. The summed E-state index contributed by atoms with van der Waals surface area (Å²) in [6.07, 6.45) is 0.337. The third kappa shape index (κ3) is 2.76. The molecule has 2 amide bonds. The summed E-state index contributed by atoms with van der Waals surface area (Å²) in [5.74, 6) is -0.373. The van der Waals surface area contributed by atoms with E-state index in [0.29, 0.717) is 21.9 Å². The molecule has 1 N–H and O–H groups in total. The summed E-state index contributed by atoms with van der Waals surface area (Å²) in [6, 6.07) is 5.23. The molecule has 0 aliphatic heterocycles. The van der Waals surface area contributed by atoms with Crippen molar-refractivity contribution in [3.05, 3.63) is 38.3 Å². The summed E-state index contributed by atoms with van der Waals surface area (Å²) in [5.41, 5.74) is 0.688. The van der Waals surface area contributed by atoms with Crippen LogP contribution in [-0.4, -0.2) is 19.4 Å². The molecule has 0 saturated carbocycles. The summed E-state index contributed by atoms with van der Waals surface area (Å²) in [6.45, 7) is 0. The lowest BCUT2D eigenvalue weighted by Gasteiger charge is -2.05. The minimum atomic E-state index is -0.373. The van der Waals surface area contributed by atoms with Crippen molar-refractivity contribution in [2.24, 2.45) is 4.99 Å². The summed E-state index contributed by atoms with van der Waals surface area (Å²) in [7, 11) is 1.49. The molecule has 19 heavy (non-hydrogen) atoms. The van der Waals surface area contributed by atoms with Gasteiger partial charge in [-0.3, -0.25) is 9.59 Å². The zero-order valence-electron chi connectivity index (χ0n) is 9.74. The second-order valence-electron chi connectivity index (χ2n) is 3.58. The highest BCUT2D eigenvalue weighted by molar-refractivity contribution is 9.11. The van der Waals surface area contributed by atoms with Crippen LogP contribution < -0.4 is 10.9 Å². The van der Waals surface area contributed by atoms with E-state index in [1.165, 1.54) is 7.05 Å². The normalized spacial score (nSPS) is 11.6. The second kappa shape index (κ2) is 5.66. The third-order valence-electron chi connectivity index (χ3n) is 2.41. The van der Waals surface area contributed by atoms with E-state index in [9.17, 15) is 9.59 Å². The molecular formula is C12H8Br2N2O3. The highest BCUT2D eigenvalue weighted by atomic mass is 79.9. The highest BCUT2D eigenvalue weighted by Crippen LogP contribution is 2.27. The van der Waals surface area contributed by atoms with Crippen LogP contribution in [0.1, 0.15) is 10.4 Å². The fourth-order valence-corrected chi connectivity index (χ4v) is 2.94. The molecule has 0 spiro atoms. The molecule has 7 heteroatoms. The number of hydrogen-bond acceptors (Lipinski definition) is 3. The van der Waals surface area contributed by atoms with Gasteiger partial charge in [0.25, 0.3) is 5.91 Å². The zero-order valence-corrected chi connectivity index (χ0v) is 12.9. The van der Waals surface area contributed by atoms with Gasteiger partial charge in [-0.2, -0.15) is 4.99 Å². The number of nitrogens with one attached hydrogen (secondary N) is 1. The molecular weight excluding hydrogens is 380 g/mol. The van der Waals surface area contributed by atoms with Gasteiger partial charge in [0, 0.05) is 16.9 Å². The van der Waals surface area contributed by atoms with Crippen molar-refractivity contribution in [3.8, 4) is 0 Å². The van der Waals surface area contributed by atoms with Crippen LogP contribution in [0.3, 0.4) is 0 Å². The van der Waals surface area contributed by atoms with Gasteiger partial charge in [0.05, 0.1) is 4.47 Å². The van der Waals surface area contributed by atoms with Gasteiger partial charge in [0.1, 0.15) is 5.56 Å². The average molecular weight is 388 g/mol. The van der Waals surface area contributed by atoms with E-state index in [-0.39, 0.29) is 17.0 Å². The van der Waals surface area contributed by atoms with Crippen LogP contribution in [0.25, 0.3) is 11.0 Å². The maximum absolute atomic E-state index is 11.8. The Kier molecular flexibility index (Phi) is 4.16. The lowest BCUT2D eigenvalue weighted by Crippen LogP contribution is -2.25. The fourth-order valence-electron chi connectivity index (χ4n) is 1.61. The molecule has 0 saturated heterocycles. The van der Waals surface area contributed by atoms with E-state index in [4.69, 9.17) is 4.42 Å². The zero-order chi connectivity index (χ0) is 14.0. The first-order chi connectivity index (χ1) is 9.06.